The molecular formula is C21H23N3O4S. The number of hydrogen-bond donors (Lipinski definition) is 2. The second-order valence-electron chi connectivity index (χ2n) is 6.85. The lowest BCUT2D eigenvalue weighted by molar-refractivity contribution is -0.156. The van der Waals surface area contributed by atoms with E-state index in [4.69, 9.17) is 10.00 Å². The van der Waals surface area contributed by atoms with Gasteiger partial charge in [-0.2, -0.15) is 5.26 Å². The molecule has 0 fully saturated rings. The number of nitrogens with zero attached hydrogens (tertiary/aromatic N) is 1. The fourth-order valence-electron chi connectivity index (χ4n) is 2.55. The number of aryl methyl sites for hydroxylation is 1. The summed E-state index contributed by atoms with van der Waals surface area (Å²) in [6.07, 6.45) is -1.09. The van der Waals surface area contributed by atoms with Crippen LogP contribution >= 0.6 is 11.3 Å². The highest BCUT2D eigenvalue weighted by Crippen LogP contribution is 2.22. The van der Waals surface area contributed by atoms with E-state index in [1.807, 2.05) is 25.1 Å². The van der Waals surface area contributed by atoms with Crippen LogP contribution < -0.4 is 10.6 Å². The second kappa shape index (κ2) is 9.85. The molecule has 29 heavy (non-hydrogen) atoms. The molecule has 0 spiro atoms. The van der Waals surface area contributed by atoms with Gasteiger partial charge in [-0.05, 0) is 42.8 Å². The van der Waals surface area contributed by atoms with Gasteiger partial charge in [0.2, 0.25) is 0 Å². The smallest absolute Gasteiger partial charge is 0.329 e. The predicted octanol–water partition coefficient (Wildman–Crippen LogP) is 3.25. The molecule has 0 aliphatic heterocycles. The Morgan fingerprint density at radius 2 is 1.83 bits per heavy atom. The summed E-state index contributed by atoms with van der Waals surface area (Å²) in [4.78, 5) is 37.5. The van der Waals surface area contributed by atoms with Gasteiger partial charge in [0.05, 0.1) is 5.56 Å². The number of esters is 1. The van der Waals surface area contributed by atoms with Crippen LogP contribution in [-0.4, -0.2) is 29.9 Å². The molecule has 2 aromatic rings. The van der Waals surface area contributed by atoms with Gasteiger partial charge in [-0.1, -0.05) is 32.0 Å². The number of carbonyl (C=O) groups is 3. The number of nitriles is 1. The van der Waals surface area contributed by atoms with E-state index in [1.54, 1.807) is 37.4 Å². The van der Waals surface area contributed by atoms with Crippen molar-refractivity contribution in [3.63, 3.8) is 0 Å². The van der Waals surface area contributed by atoms with E-state index in [9.17, 15) is 14.4 Å². The molecule has 8 heteroatoms. The minimum absolute atomic E-state index is 0.242. The van der Waals surface area contributed by atoms with Crippen LogP contribution in [0.5, 0.6) is 0 Å². The topological polar surface area (TPSA) is 108 Å². The molecule has 0 saturated heterocycles. The molecule has 2 N–H and O–H groups in total. The highest BCUT2D eigenvalue weighted by Gasteiger charge is 2.29. The van der Waals surface area contributed by atoms with Crippen LogP contribution in [0.1, 0.15) is 42.3 Å². The van der Waals surface area contributed by atoms with Crippen molar-refractivity contribution in [1.29, 1.82) is 5.26 Å². The van der Waals surface area contributed by atoms with Crippen LogP contribution in [0.2, 0.25) is 0 Å². The number of ether oxygens (including phenoxy) is 1. The third kappa shape index (κ3) is 5.65. The van der Waals surface area contributed by atoms with Gasteiger partial charge >= 0.3 is 5.97 Å². The SMILES string of the molecule is Cc1ccccc1C(=O)N[C@H](C(=O)O[C@@H](C)C(=O)Nc1sccc1C#N)C(C)C. The fraction of sp³-hybridized carbons (Fsp3) is 0.333. The maximum atomic E-state index is 12.6. The summed E-state index contributed by atoms with van der Waals surface area (Å²) < 4.78 is 5.28. The second-order valence-corrected chi connectivity index (χ2v) is 7.77. The van der Waals surface area contributed by atoms with Crippen molar-refractivity contribution >= 4 is 34.1 Å². The summed E-state index contributed by atoms with van der Waals surface area (Å²) in [5, 5.41) is 16.4. The molecule has 0 saturated carbocycles. The van der Waals surface area contributed by atoms with E-state index in [-0.39, 0.29) is 11.8 Å². The highest BCUT2D eigenvalue weighted by atomic mass is 32.1. The lowest BCUT2D eigenvalue weighted by atomic mass is 10.0. The molecule has 1 heterocycles. The Hall–Kier alpha value is -3.18. The summed E-state index contributed by atoms with van der Waals surface area (Å²) in [7, 11) is 0. The Morgan fingerprint density at radius 3 is 2.45 bits per heavy atom. The molecule has 7 nitrogen and oxygen atoms in total. The standard InChI is InChI=1S/C21H23N3O4S/c1-12(2)17(23-19(26)16-8-6-5-7-13(16)3)21(27)28-14(4)18(25)24-20-15(11-22)9-10-29-20/h5-10,12,14,17H,1-4H3,(H,23,26)(H,24,25)/t14-,17-/m0/s1. The van der Waals surface area contributed by atoms with Gasteiger partial charge in [0.15, 0.2) is 6.10 Å². The monoisotopic (exact) mass is 413 g/mol. The molecule has 2 rings (SSSR count). The average molecular weight is 413 g/mol. The summed E-state index contributed by atoms with van der Waals surface area (Å²) >= 11 is 1.21. The Kier molecular flexibility index (Phi) is 7.51. The Morgan fingerprint density at radius 1 is 1.14 bits per heavy atom. The van der Waals surface area contributed by atoms with Crippen LogP contribution in [-0.2, 0) is 14.3 Å². The van der Waals surface area contributed by atoms with E-state index in [0.717, 1.165) is 5.56 Å². The number of anilines is 1. The molecule has 1 aromatic heterocycles. The zero-order chi connectivity index (χ0) is 21.6. The quantitative estimate of drug-likeness (QED) is 0.678. The van der Waals surface area contributed by atoms with Crippen molar-refractivity contribution in [1.82, 2.24) is 5.32 Å². The Labute approximate surface area is 173 Å². The zero-order valence-corrected chi connectivity index (χ0v) is 17.5. The maximum Gasteiger partial charge on any atom is 0.329 e. The first-order chi connectivity index (χ1) is 13.7. The minimum atomic E-state index is -1.09. The molecule has 0 aliphatic carbocycles. The fourth-order valence-corrected chi connectivity index (χ4v) is 3.29. The molecular weight excluding hydrogens is 390 g/mol. The number of rotatable bonds is 7. The van der Waals surface area contributed by atoms with E-state index < -0.39 is 24.0 Å². The lowest BCUT2D eigenvalue weighted by Gasteiger charge is -2.23. The molecule has 152 valence electrons. The first-order valence-corrected chi connectivity index (χ1v) is 9.98. The van der Waals surface area contributed by atoms with Gasteiger partial charge in [0.1, 0.15) is 17.1 Å². The molecule has 0 radical (unpaired) electrons. The average Bonchev–Trinajstić information content (AvgIpc) is 3.12. The van der Waals surface area contributed by atoms with Crippen molar-refractivity contribution in [3.8, 4) is 6.07 Å². The summed E-state index contributed by atoms with van der Waals surface area (Å²) in [6.45, 7) is 6.80. The molecule has 2 atom stereocenters. The van der Waals surface area contributed by atoms with Crippen molar-refractivity contribution in [2.75, 3.05) is 5.32 Å². The van der Waals surface area contributed by atoms with Gasteiger partial charge in [0.25, 0.3) is 11.8 Å². The van der Waals surface area contributed by atoms with Gasteiger partial charge in [-0.25, -0.2) is 4.79 Å². The summed E-state index contributed by atoms with van der Waals surface area (Å²) in [6, 6.07) is 9.72. The predicted molar refractivity (Wildman–Crippen MR) is 110 cm³/mol. The minimum Gasteiger partial charge on any atom is -0.451 e. The van der Waals surface area contributed by atoms with Crippen LogP contribution in [0.15, 0.2) is 35.7 Å². The lowest BCUT2D eigenvalue weighted by Crippen LogP contribution is -2.47. The van der Waals surface area contributed by atoms with Crippen molar-refractivity contribution in [2.24, 2.45) is 5.92 Å². The maximum absolute atomic E-state index is 12.6. The van der Waals surface area contributed by atoms with E-state index in [2.05, 4.69) is 10.6 Å². The van der Waals surface area contributed by atoms with Gasteiger partial charge in [-0.3, -0.25) is 9.59 Å². The van der Waals surface area contributed by atoms with Gasteiger partial charge in [-0.15, -0.1) is 11.3 Å². The van der Waals surface area contributed by atoms with Gasteiger partial charge in [0, 0.05) is 5.56 Å². The summed E-state index contributed by atoms with van der Waals surface area (Å²) in [5.74, 6) is -1.87. The normalized spacial score (nSPS) is 12.6. The number of carbonyl (C=O) groups excluding carboxylic acids is 3. The van der Waals surface area contributed by atoms with Crippen molar-refractivity contribution < 1.29 is 19.1 Å². The van der Waals surface area contributed by atoms with Crippen LogP contribution in [0.3, 0.4) is 0 Å². The van der Waals surface area contributed by atoms with Gasteiger partial charge < -0.3 is 15.4 Å². The number of thiophene rings is 1. The molecule has 0 bridgehead atoms. The third-order valence-electron chi connectivity index (χ3n) is 4.28. The first kappa shape index (κ1) is 22.1. The highest BCUT2D eigenvalue weighted by molar-refractivity contribution is 7.14. The molecule has 2 amide bonds. The summed E-state index contributed by atoms with van der Waals surface area (Å²) in [5.41, 5.74) is 1.60. The van der Waals surface area contributed by atoms with Crippen LogP contribution in [0.25, 0.3) is 0 Å². The van der Waals surface area contributed by atoms with Crippen molar-refractivity contribution in [3.05, 3.63) is 52.4 Å². The molecule has 0 aliphatic rings. The number of nitrogens with one attached hydrogen (secondary N) is 2. The zero-order valence-electron chi connectivity index (χ0n) is 16.7. The van der Waals surface area contributed by atoms with Crippen LogP contribution in [0.4, 0.5) is 5.00 Å². The van der Waals surface area contributed by atoms with E-state index >= 15 is 0 Å². The third-order valence-corrected chi connectivity index (χ3v) is 5.11. The van der Waals surface area contributed by atoms with Crippen LogP contribution in [0, 0.1) is 24.2 Å². The number of hydrogen-bond acceptors (Lipinski definition) is 6. The van der Waals surface area contributed by atoms with Crippen molar-refractivity contribution in [2.45, 2.75) is 39.8 Å². The molecule has 0 unspecified atom stereocenters. The number of benzene rings is 1. The first-order valence-electron chi connectivity index (χ1n) is 9.10. The number of amides is 2. The van der Waals surface area contributed by atoms with E-state index in [0.29, 0.717) is 16.1 Å². The Bertz CT molecular complexity index is 945. The van der Waals surface area contributed by atoms with E-state index in [1.165, 1.54) is 18.3 Å². The largest absolute Gasteiger partial charge is 0.451 e. The Balaban J connectivity index is 2.03. The molecule has 1 aromatic carbocycles.